The average molecular weight is 347 g/mol. The Kier molecular flexibility index (Phi) is 7.25. The van der Waals surface area contributed by atoms with Crippen molar-refractivity contribution in [2.45, 2.75) is 32.2 Å². The van der Waals surface area contributed by atoms with Crippen LogP contribution in [0.3, 0.4) is 0 Å². The van der Waals surface area contributed by atoms with Crippen molar-refractivity contribution in [1.29, 1.82) is 0 Å². The van der Waals surface area contributed by atoms with Gasteiger partial charge >= 0.3 is 6.03 Å². The summed E-state index contributed by atoms with van der Waals surface area (Å²) in [4.78, 5) is 28.1. The van der Waals surface area contributed by atoms with Gasteiger partial charge in [0, 0.05) is 46.4 Å². The lowest BCUT2D eigenvalue weighted by Crippen LogP contribution is -2.50. The minimum absolute atomic E-state index is 0.0138. The van der Waals surface area contributed by atoms with Crippen LogP contribution in [0.1, 0.15) is 24.0 Å². The lowest BCUT2D eigenvalue weighted by Gasteiger charge is -2.36. The van der Waals surface area contributed by atoms with Crippen molar-refractivity contribution in [3.05, 3.63) is 35.4 Å². The fourth-order valence-electron chi connectivity index (χ4n) is 3.05. The van der Waals surface area contributed by atoms with Crippen molar-refractivity contribution < 1.29 is 14.3 Å². The van der Waals surface area contributed by atoms with Crippen LogP contribution in [0.15, 0.2) is 24.3 Å². The molecular weight excluding hydrogens is 318 g/mol. The van der Waals surface area contributed by atoms with Crippen molar-refractivity contribution in [3.63, 3.8) is 0 Å². The summed E-state index contributed by atoms with van der Waals surface area (Å²) in [6.07, 6.45) is 2.05. The van der Waals surface area contributed by atoms with E-state index in [1.54, 1.807) is 19.0 Å². The highest BCUT2D eigenvalue weighted by molar-refractivity contribution is 5.79. The molecule has 6 nitrogen and oxygen atoms in total. The number of hydrogen-bond acceptors (Lipinski definition) is 3. The molecule has 138 valence electrons. The normalized spacial score (nSPS) is 14.8. The van der Waals surface area contributed by atoms with Crippen molar-refractivity contribution in [1.82, 2.24) is 15.1 Å². The van der Waals surface area contributed by atoms with Crippen LogP contribution in [-0.4, -0.2) is 68.2 Å². The molecule has 1 fully saturated rings. The van der Waals surface area contributed by atoms with E-state index in [-0.39, 0.29) is 18.0 Å². The molecule has 1 saturated heterocycles. The molecule has 1 N–H and O–H groups in total. The Morgan fingerprint density at radius 2 is 1.88 bits per heavy atom. The van der Waals surface area contributed by atoms with Gasteiger partial charge in [0.1, 0.15) is 0 Å². The first-order valence-corrected chi connectivity index (χ1v) is 8.86. The lowest BCUT2D eigenvalue weighted by molar-refractivity contribution is -0.120. The van der Waals surface area contributed by atoms with Crippen LogP contribution in [0.25, 0.3) is 0 Å². The van der Waals surface area contributed by atoms with E-state index in [9.17, 15) is 9.59 Å². The predicted octanol–water partition coefficient (Wildman–Crippen LogP) is 1.82. The van der Waals surface area contributed by atoms with Gasteiger partial charge < -0.3 is 19.9 Å². The number of hydrogen-bond donors (Lipinski definition) is 1. The van der Waals surface area contributed by atoms with E-state index >= 15 is 0 Å². The molecule has 25 heavy (non-hydrogen) atoms. The van der Waals surface area contributed by atoms with Gasteiger partial charge in [-0.05, 0) is 30.9 Å². The first kappa shape index (κ1) is 19.2. The van der Waals surface area contributed by atoms with Gasteiger partial charge in [-0.3, -0.25) is 4.79 Å². The van der Waals surface area contributed by atoms with Crippen LogP contribution in [0.4, 0.5) is 4.79 Å². The van der Waals surface area contributed by atoms with Gasteiger partial charge in [-0.2, -0.15) is 0 Å². The number of carbonyl (C=O) groups is 2. The van der Waals surface area contributed by atoms with Crippen molar-refractivity contribution in [2.75, 3.05) is 40.4 Å². The first-order chi connectivity index (χ1) is 12.0. The highest BCUT2D eigenvalue weighted by Gasteiger charge is 2.26. The number of nitrogens with zero attached hydrogens (tertiary/aromatic N) is 2. The van der Waals surface area contributed by atoms with E-state index in [0.29, 0.717) is 32.7 Å². The third-order valence-corrected chi connectivity index (χ3v) is 4.55. The highest BCUT2D eigenvalue weighted by atomic mass is 16.5. The molecule has 0 spiro atoms. The van der Waals surface area contributed by atoms with Crippen LogP contribution in [0.2, 0.25) is 0 Å². The van der Waals surface area contributed by atoms with Crippen LogP contribution < -0.4 is 5.32 Å². The van der Waals surface area contributed by atoms with E-state index in [1.807, 2.05) is 36.1 Å². The maximum atomic E-state index is 12.5. The number of amides is 3. The standard InChI is InChI=1S/C19H29N3O3/c1-15-6-4-5-7-16(15)14-18(23)20-10-11-22(19(24)21(2)3)17-8-12-25-13-9-17/h4-7,17H,8-14H2,1-3H3,(H,20,23). The Balaban J connectivity index is 1.86. The maximum absolute atomic E-state index is 12.5. The summed E-state index contributed by atoms with van der Waals surface area (Å²) >= 11 is 0. The number of urea groups is 1. The second-order valence-electron chi connectivity index (χ2n) is 6.67. The molecule has 1 aliphatic rings. The summed E-state index contributed by atoms with van der Waals surface area (Å²) < 4.78 is 5.39. The molecule has 1 aromatic rings. The number of aryl methyl sites for hydroxylation is 1. The molecule has 0 aromatic heterocycles. The summed E-state index contributed by atoms with van der Waals surface area (Å²) in [5.74, 6) is -0.0153. The molecule has 3 amide bonds. The molecule has 1 aliphatic heterocycles. The molecule has 6 heteroatoms. The second-order valence-corrected chi connectivity index (χ2v) is 6.67. The molecule has 0 bridgehead atoms. The number of benzene rings is 1. The first-order valence-electron chi connectivity index (χ1n) is 8.86. The highest BCUT2D eigenvalue weighted by Crippen LogP contribution is 2.15. The van der Waals surface area contributed by atoms with E-state index in [0.717, 1.165) is 24.0 Å². The fraction of sp³-hybridized carbons (Fsp3) is 0.579. The number of carbonyl (C=O) groups excluding carboxylic acids is 2. The quantitative estimate of drug-likeness (QED) is 0.854. The Bertz CT molecular complexity index is 583. The maximum Gasteiger partial charge on any atom is 0.319 e. The molecule has 0 unspecified atom stereocenters. The SMILES string of the molecule is Cc1ccccc1CC(=O)NCCN(C(=O)N(C)C)C1CCOCC1. The smallest absolute Gasteiger partial charge is 0.319 e. The summed E-state index contributed by atoms with van der Waals surface area (Å²) in [6.45, 7) is 4.34. The van der Waals surface area contributed by atoms with Gasteiger partial charge in [0.05, 0.1) is 6.42 Å². The number of rotatable bonds is 6. The van der Waals surface area contributed by atoms with Crippen LogP contribution in [-0.2, 0) is 16.0 Å². The molecule has 0 aliphatic carbocycles. The van der Waals surface area contributed by atoms with E-state index in [1.165, 1.54) is 0 Å². The zero-order valence-corrected chi connectivity index (χ0v) is 15.5. The summed E-state index contributed by atoms with van der Waals surface area (Å²) in [7, 11) is 3.51. The van der Waals surface area contributed by atoms with Crippen LogP contribution in [0, 0.1) is 6.92 Å². The monoisotopic (exact) mass is 347 g/mol. The van der Waals surface area contributed by atoms with Crippen LogP contribution in [0.5, 0.6) is 0 Å². The van der Waals surface area contributed by atoms with Crippen molar-refractivity contribution in [2.24, 2.45) is 0 Å². The summed E-state index contributed by atoms with van der Waals surface area (Å²) in [5, 5.41) is 2.94. The van der Waals surface area contributed by atoms with Gasteiger partial charge in [-0.1, -0.05) is 24.3 Å². The Hall–Kier alpha value is -2.08. The number of nitrogens with one attached hydrogen (secondary N) is 1. The van der Waals surface area contributed by atoms with Gasteiger partial charge in [0.2, 0.25) is 5.91 Å². The molecule has 1 aromatic carbocycles. The topological polar surface area (TPSA) is 61.9 Å². The van der Waals surface area contributed by atoms with Gasteiger partial charge in [-0.15, -0.1) is 0 Å². The molecule has 2 rings (SSSR count). The zero-order valence-electron chi connectivity index (χ0n) is 15.5. The number of ether oxygens (including phenoxy) is 1. The fourth-order valence-corrected chi connectivity index (χ4v) is 3.05. The predicted molar refractivity (Wildman–Crippen MR) is 97.5 cm³/mol. The Morgan fingerprint density at radius 3 is 2.52 bits per heavy atom. The van der Waals surface area contributed by atoms with Crippen molar-refractivity contribution >= 4 is 11.9 Å². The van der Waals surface area contributed by atoms with E-state index in [4.69, 9.17) is 4.74 Å². The van der Waals surface area contributed by atoms with Crippen LogP contribution >= 0.6 is 0 Å². The third kappa shape index (κ3) is 5.74. The Morgan fingerprint density at radius 1 is 1.20 bits per heavy atom. The largest absolute Gasteiger partial charge is 0.381 e. The molecular formula is C19H29N3O3. The van der Waals surface area contributed by atoms with Gasteiger partial charge in [0.15, 0.2) is 0 Å². The van der Waals surface area contributed by atoms with Gasteiger partial charge in [-0.25, -0.2) is 4.79 Å². The summed E-state index contributed by atoms with van der Waals surface area (Å²) in [5.41, 5.74) is 2.15. The molecule has 1 heterocycles. The Labute approximate surface area is 150 Å². The summed E-state index contributed by atoms with van der Waals surface area (Å²) in [6, 6.07) is 8.05. The lowest BCUT2D eigenvalue weighted by atomic mass is 10.1. The average Bonchev–Trinajstić information content (AvgIpc) is 2.61. The van der Waals surface area contributed by atoms with Crippen molar-refractivity contribution in [3.8, 4) is 0 Å². The third-order valence-electron chi connectivity index (χ3n) is 4.55. The second kappa shape index (κ2) is 9.42. The van der Waals surface area contributed by atoms with E-state index < -0.39 is 0 Å². The molecule has 0 radical (unpaired) electrons. The molecule has 0 saturated carbocycles. The molecule has 0 atom stereocenters. The zero-order chi connectivity index (χ0) is 18.2. The van der Waals surface area contributed by atoms with E-state index in [2.05, 4.69) is 5.32 Å². The minimum atomic E-state index is -0.0153. The minimum Gasteiger partial charge on any atom is -0.381 e. The van der Waals surface area contributed by atoms with Gasteiger partial charge in [0.25, 0.3) is 0 Å².